The molecule has 0 spiro atoms. The van der Waals surface area contributed by atoms with Gasteiger partial charge in [0.15, 0.2) is 0 Å². The summed E-state index contributed by atoms with van der Waals surface area (Å²) in [5, 5.41) is 13.3. The Balaban J connectivity index is 4.39. The van der Waals surface area contributed by atoms with Gasteiger partial charge in [0.05, 0.1) is 6.07 Å². The highest BCUT2D eigenvalue weighted by molar-refractivity contribution is 7.98. The van der Waals surface area contributed by atoms with Crippen molar-refractivity contribution in [3.8, 4) is 6.07 Å². The van der Waals surface area contributed by atoms with Crippen LogP contribution in [0.4, 0.5) is 4.79 Å². The molecule has 6 nitrogen and oxygen atoms in total. The fraction of sp³-hybridized carbons (Fsp3) is 0.727. The summed E-state index contributed by atoms with van der Waals surface area (Å²) in [6, 6.07) is 1.10. The number of amides is 2. The molecule has 0 aromatic carbocycles. The van der Waals surface area contributed by atoms with Crippen LogP contribution in [0.3, 0.4) is 0 Å². The number of nitriles is 1. The van der Waals surface area contributed by atoms with Gasteiger partial charge in [-0.2, -0.15) is 17.0 Å². The molecular formula is C11H19N3O3S. The molecule has 102 valence electrons. The van der Waals surface area contributed by atoms with Crippen molar-refractivity contribution in [3.05, 3.63) is 0 Å². The molecule has 0 saturated carbocycles. The van der Waals surface area contributed by atoms with Gasteiger partial charge in [-0.1, -0.05) is 0 Å². The maximum Gasteiger partial charge on any atom is 0.408 e. The minimum Gasteiger partial charge on any atom is -0.444 e. The quantitative estimate of drug-likeness (QED) is 0.726. The Bertz CT molecular complexity index is 333. The van der Waals surface area contributed by atoms with E-state index >= 15 is 0 Å². The molecule has 0 aliphatic rings. The summed E-state index contributed by atoms with van der Waals surface area (Å²) < 4.78 is 5.06. The van der Waals surface area contributed by atoms with Crippen LogP contribution in [0.1, 0.15) is 20.8 Å². The molecule has 0 aliphatic carbocycles. The number of thioether (sulfide) groups is 1. The topological polar surface area (TPSA) is 91.2 Å². The second kappa shape index (κ2) is 7.82. The molecule has 0 heterocycles. The molecule has 0 rings (SSSR count). The molecule has 2 amide bonds. The van der Waals surface area contributed by atoms with Crippen LogP contribution in [-0.4, -0.2) is 42.2 Å². The monoisotopic (exact) mass is 273 g/mol. The number of nitrogens with zero attached hydrogens (tertiary/aromatic N) is 1. The second-order valence-electron chi connectivity index (χ2n) is 4.53. The summed E-state index contributed by atoms with van der Waals surface area (Å²) in [6.07, 6.45) is 1.18. The summed E-state index contributed by atoms with van der Waals surface area (Å²) >= 11 is 1.42. The number of carbonyl (C=O) groups excluding carboxylic acids is 2. The van der Waals surface area contributed by atoms with E-state index in [4.69, 9.17) is 10.00 Å². The van der Waals surface area contributed by atoms with Crippen LogP contribution in [0.2, 0.25) is 0 Å². The van der Waals surface area contributed by atoms with Crippen molar-refractivity contribution in [2.24, 2.45) is 0 Å². The highest BCUT2D eigenvalue weighted by Gasteiger charge is 2.23. The van der Waals surface area contributed by atoms with Gasteiger partial charge in [0.2, 0.25) is 5.91 Å². The molecule has 0 aromatic rings. The van der Waals surface area contributed by atoms with E-state index in [-0.39, 0.29) is 6.54 Å². The first kappa shape index (κ1) is 16.6. The van der Waals surface area contributed by atoms with E-state index in [0.29, 0.717) is 5.75 Å². The van der Waals surface area contributed by atoms with Crippen LogP contribution in [0.15, 0.2) is 0 Å². The minimum atomic E-state index is -0.705. The molecule has 0 aliphatic heterocycles. The van der Waals surface area contributed by atoms with Crippen LogP contribution in [0.25, 0.3) is 0 Å². The number of hydrogen-bond acceptors (Lipinski definition) is 5. The Kier molecular flexibility index (Phi) is 7.20. The number of hydrogen-bond donors (Lipinski definition) is 2. The first-order valence-corrected chi connectivity index (χ1v) is 6.82. The molecule has 0 bridgehead atoms. The Morgan fingerprint density at radius 2 is 2.06 bits per heavy atom. The smallest absolute Gasteiger partial charge is 0.408 e. The lowest BCUT2D eigenvalue weighted by molar-refractivity contribution is -0.122. The number of nitrogens with one attached hydrogen (secondary N) is 2. The van der Waals surface area contributed by atoms with Crippen molar-refractivity contribution in [1.29, 1.82) is 5.26 Å². The lowest BCUT2D eigenvalue weighted by Gasteiger charge is -2.22. The summed E-state index contributed by atoms with van der Waals surface area (Å²) in [7, 11) is 0. The zero-order chi connectivity index (χ0) is 14.2. The molecule has 0 fully saturated rings. The van der Waals surface area contributed by atoms with Crippen LogP contribution < -0.4 is 10.6 Å². The van der Waals surface area contributed by atoms with Gasteiger partial charge in [0.25, 0.3) is 0 Å². The van der Waals surface area contributed by atoms with E-state index in [2.05, 4.69) is 10.6 Å². The number of carbonyl (C=O) groups is 2. The summed E-state index contributed by atoms with van der Waals surface area (Å²) in [5.41, 5.74) is -0.614. The van der Waals surface area contributed by atoms with E-state index in [1.807, 2.05) is 6.26 Å². The lowest BCUT2D eigenvalue weighted by Crippen LogP contribution is -2.49. The van der Waals surface area contributed by atoms with Crippen LogP contribution >= 0.6 is 11.8 Å². The Labute approximate surface area is 111 Å². The van der Waals surface area contributed by atoms with Gasteiger partial charge >= 0.3 is 6.09 Å². The Morgan fingerprint density at radius 3 is 2.50 bits per heavy atom. The molecule has 1 atom stereocenters. The molecule has 7 heteroatoms. The molecule has 0 radical (unpaired) electrons. The van der Waals surface area contributed by atoms with Crippen LogP contribution in [0, 0.1) is 11.3 Å². The largest absolute Gasteiger partial charge is 0.444 e. The van der Waals surface area contributed by atoms with Gasteiger partial charge < -0.3 is 15.4 Å². The summed E-state index contributed by atoms with van der Waals surface area (Å²) in [4.78, 5) is 23.2. The van der Waals surface area contributed by atoms with E-state index in [9.17, 15) is 9.59 Å². The highest BCUT2D eigenvalue weighted by atomic mass is 32.2. The van der Waals surface area contributed by atoms with Crippen molar-refractivity contribution in [2.45, 2.75) is 32.4 Å². The van der Waals surface area contributed by atoms with E-state index < -0.39 is 23.6 Å². The van der Waals surface area contributed by atoms with Crippen molar-refractivity contribution in [2.75, 3.05) is 18.6 Å². The minimum absolute atomic E-state index is 0.0836. The third kappa shape index (κ3) is 7.79. The normalized spacial score (nSPS) is 12.2. The Hall–Kier alpha value is -1.42. The van der Waals surface area contributed by atoms with Crippen molar-refractivity contribution >= 4 is 23.8 Å². The maximum absolute atomic E-state index is 11.6. The Morgan fingerprint density at radius 1 is 1.44 bits per heavy atom. The molecule has 0 aromatic heterocycles. The van der Waals surface area contributed by atoms with Crippen LogP contribution in [0.5, 0.6) is 0 Å². The first-order chi connectivity index (χ1) is 8.30. The number of alkyl carbamates (subject to hydrolysis) is 1. The van der Waals surface area contributed by atoms with Crippen molar-refractivity contribution in [3.63, 3.8) is 0 Å². The first-order valence-electron chi connectivity index (χ1n) is 5.43. The fourth-order valence-corrected chi connectivity index (χ4v) is 1.62. The van der Waals surface area contributed by atoms with Crippen molar-refractivity contribution < 1.29 is 14.3 Å². The zero-order valence-electron chi connectivity index (χ0n) is 11.1. The average molecular weight is 273 g/mol. The zero-order valence-corrected chi connectivity index (χ0v) is 11.9. The predicted molar refractivity (Wildman–Crippen MR) is 70.2 cm³/mol. The van der Waals surface area contributed by atoms with Gasteiger partial charge in [-0.15, -0.1) is 0 Å². The molecule has 2 N–H and O–H groups in total. The standard InChI is InChI=1S/C11H19N3O3S/c1-11(2,3)17-10(16)14-8(7-18-4)9(15)13-6-5-12/h8H,6-7H2,1-4H3,(H,13,15)(H,14,16). The second-order valence-corrected chi connectivity index (χ2v) is 5.44. The number of ether oxygens (including phenoxy) is 1. The van der Waals surface area contributed by atoms with Gasteiger partial charge in [-0.3, -0.25) is 4.79 Å². The third-order valence-electron chi connectivity index (χ3n) is 1.68. The van der Waals surface area contributed by atoms with E-state index in [1.54, 1.807) is 26.8 Å². The van der Waals surface area contributed by atoms with Crippen LogP contribution in [-0.2, 0) is 9.53 Å². The van der Waals surface area contributed by atoms with Gasteiger partial charge in [0.1, 0.15) is 18.2 Å². The molecule has 0 saturated heterocycles. The fourth-order valence-electron chi connectivity index (χ4n) is 1.05. The van der Waals surface area contributed by atoms with Gasteiger partial charge in [0, 0.05) is 5.75 Å². The summed E-state index contributed by atoms with van der Waals surface area (Å²) in [6.45, 7) is 5.14. The van der Waals surface area contributed by atoms with Gasteiger partial charge in [-0.05, 0) is 27.0 Å². The third-order valence-corrected chi connectivity index (χ3v) is 2.35. The molecule has 18 heavy (non-hydrogen) atoms. The van der Waals surface area contributed by atoms with Gasteiger partial charge in [-0.25, -0.2) is 4.79 Å². The maximum atomic E-state index is 11.6. The predicted octanol–water partition coefficient (Wildman–Crippen LogP) is 0.882. The van der Waals surface area contributed by atoms with E-state index in [1.165, 1.54) is 11.8 Å². The molecular weight excluding hydrogens is 254 g/mol. The number of rotatable bonds is 5. The van der Waals surface area contributed by atoms with Crippen molar-refractivity contribution in [1.82, 2.24) is 10.6 Å². The lowest BCUT2D eigenvalue weighted by atomic mass is 10.2. The molecule has 1 unspecified atom stereocenters. The average Bonchev–Trinajstić information content (AvgIpc) is 2.22. The van der Waals surface area contributed by atoms with E-state index in [0.717, 1.165) is 0 Å². The highest BCUT2D eigenvalue weighted by Crippen LogP contribution is 2.07. The SMILES string of the molecule is CSCC(NC(=O)OC(C)(C)C)C(=O)NCC#N. The summed E-state index contributed by atoms with van der Waals surface area (Å²) in [5.74, 6) is 0.0213.